The topological polar surface area (TPSA) is 72.2 Å². The van der Waals surface area contributed by atoms with Crippen molar-refractivity contribution in [2.75, 3.05) is 5.32 Å². The van der Waals surface area contributed by atoms with Crippen LogP contribution >= 0.6 is 0 Å². The van der Waals surface area contributed by atoms with Crippen LogP contribution in [0.4, 0.5) is 15.8 Å². The van der Waals surface area contributed by atoms with Gasteiger partial charge in [0.15, 0.2) is 0 Å². The minimum Gasteiger partial charge on any atom is -0.323 e. The highest BCUT2D eigenvalue weighted by Gasteiger charge is 2.12. The Morgan fingerprint density at radius 2 is 2.25 bits per heavy atom. The molecule has 1 amide bonds. The zero-order valence-electron chi connectivity index (χ0n) is 8.70. The maximum Gasteiger partial charge on any atom is 0.271 e. The number of rotatable bonds is 4. The molecule has 0 fully saturated rings. The molecule has 0 atom stereocenters. The number of nitro benzene ring substituents is 1. The molecule has 0 aromatic heterocycles. The molecule has 0 aliphatic rings. The lowest BCUT2D eigenvalue weighted by Gasteiger charge is -2.05. The van der Waals surface area contributed by atoms with Gasteiger partial charge in [0.1, 0.15) is 5.82 Å². The number of nitrogens with one attached hydrogen (secondary N) is 1. The normalized spacial score (nSPS) is 9.88. The van der Waals surface area contributed by atoms with Crippen LogP contribution in [0.15, 0.2) is 18.2 Å². The van der Waals surface area contributed by atoms with Gasteiger partial charge in [0.2, 0.25) is 5.91 Å². The fourth-order valence-corrected chi connectivity index (χ4v) is 1.16. The van der Waals surface area contributed by atoms with Crippen molar-refractivity contribution >= 4 is 17.3 Å². The maximum absolute atomic E-state index is 13.2. The molecule has 0 aliphatic carbocycles. The SMILES string of the molecule is CCCC(=O)Nc1cc([N+](=O)[O-])ccc1F. The quantitative estimate of drug-likeness (QED) is 0.633. The summed E-state index contributed by atoms with van der Waals surface area (Å²) >= 11 is 0. The van der Waals surface area contributed by atoms with Crippen molar-refractivity contribution < 1.29 is 14.1 Å². The number of hydrogen-bond acceptors (Lipinski definition) is 3. The summed E-state index contributed by atoms with van der Waals surface area (Å²) in [5, 5.41) is 12.7. The van der Waals surface area contributed by atoms with E-state index < -0.39 is 10.7 Å². The lowest BCUT2D eigenvalue weighted by atomic mass is 10.2. The molecule has 0 bridgehead atoms. The van der Waals surface area contributed by atoms with Crippen LogP contribution in [-0.2, 0) is 4.79 Å². The largest absolute Gasteiger partial charge is 0.323 e. The Morgan fingerprint density at radius 3 is 2.81 bits per heavy atom. The average molecular weight is 226 g/mol. The smallest absolute Gasteiger partial charge is 0.271 e. The number of halogens is 1. The summed E-state index contributed by atoms with van der Waals surface area (Å²) in [7, 11) is 0. The minimum atomic E-state index is -0.685. The molecular formula is C10H11FN2O3. The third kappa shape index (κ3) is 3.01. The van der Waals surface area contributed by atoms with Crippen molar-refractivity contribution in [3.05, 3.63) is 34.1 Å². The van der Waals surface area contributed by atoms with Crippen LogP contribution in [0.2, 0.25) is 0 Å². The second-order valence-corrected chi connectivity index (χ2v) is 3.22. The predicted molar refractivity (Wildman–Crippen MR) is 56.6 cm³/mol. The molecule has 5 nitrogen and oxygen atoms in total. The highest BCUT2D eigenvalue weighted by atomic mass is 19.1. The fourth-order valence-electron chi connectivity index (χ4n) is 1.16. The van der Waals surface area contributed by atoms with Crippen LogP contribution in [0.1, 0.15) is 19.8 Å². The number of carbonyl (C=O) groups excluding carboxylic acids is 1. The Bertz CT molecular complexity index is 421. The summed E-state index contributed by atoms with van der Waals surface area (Å²) < 4.78 is 13.2. The Morgan fingerprint density at radius 1 is 1.56 bits per heavy atom. The number of non-ortho nitro benzene ring substituents is 1. The Kier molecular flexibility index (Phi) is 3.93. The molecule has 1 rings (SSSR count). The first kappa shape index (κ1) is 12.1. The molecule has 0 unspecified atom stereocenters. The van der Waals surface area contributed by atoms with Crippen molar-refractivity contribution in [3.63, 3.8) is 0 Å². The van der Waals surface area contributed by atoms with E-state index in [2.05, 4.69) is 5.32 Å². The zero-order chi connectivity index (χ0) is 12.1. The Hall–Kier alpha value is -1.98. The van der Waals surface area contributed by atoms with E-state index in [0.29, 0.717) is 6.42 Å². The number of nitrogens with zero attached hydrogens (tertiary/aromatic N) is 1. The van der Waals surface area contributed by atoms with Gasteiger partial charge in [0.25, 0.3) is 5.69 Å². The molecule has 0 aliphatic heterocycles. The number of amides is 1. The van der Waals surface area contributed by atoms with Crippen molar-refractivity contribution in [2.24, 2.45) is 0 Å². The molecule has 0 saturated heterocycles. The van der Waals surface area contributed by atoms with Crippen molar-refractivity contribution in [1.29, 1.82) is 0 Å². The van der Waals surface area contributed by atoms with Gasteiger partial charge in [-0.15, -0.1) is 0 Å². The number of benzene rings is 1. The minimum absolute atomic E-state index is 0.160. The van der Waals surface area contributed by atoms with Crippen LogP contribution < -0.4 is 5.32 Å². The number of nitro groups is 1. The van der Waals surface area contributed by atoms with Gasteiger partial charge in [-0.1, -0.05) is 6.92 Å². The molecule has 86 valence electrons. The molecule has 1 aromatic carbocycles. The average Bonchev–Trinajstić information content (AvgIpc) is 2.21. The van der Waals surface area contributed by atoms with Gasteiger partial charge >= 0.3 is 0 Å². The van der Waals surface area contributed by atoms with Gasteiger partial charge in [-0.2, -0.15) is 0 Å². The third-order valence-electron chi connectivity index (χ3n) is 1.91. The van der Waals surface area contributed by atoms with E-state index in [4.69, 9.17) is 0 Å². The lowest BCUT2D eigenvalue weighted by molar-refractivity contribution is -0.384. The van der Waals surface area contributed by atoms with Crippen LogP contribution in [0.5, 0.6) is 0 Å². The molecule has 16 heavy (non-hydrogen) atoms. The van der Waals surface area contributed by atoms with Gasteiger partial charge in [-0.05, 0) is 12.5 Å². The summed E-state index contributed by atoms with van der Waals surface area (Å²) in [5.41, 5.74) is -0.416. The first-order chi connectivity index (χ1) is 7.54. The first-order valence-corrected chi connectivity index (χ1v) is 4.78. The van der Waals surface area contributed by atoms with Crippen molar-refractivity contribution in [3.8, 4) is 0 Å². The van der Waals surface area contributed by atoms with Gasteiger partial charge < -0.3 is 5.32 Å². The van der Waals surface area contributed by atoms with Gasteiger partial charge in [-0.3, -0.25) is 14.9 Å². The second kappa shape index (κ2) is 5.20. The zero-order valence-corrected chi connectivity index (χ0v) is 8.70. The fraction of sp³-hybridized carbons (Fsp3) is 0.300. The first-order valence-electron chi connectivity index (χ1n) is 4.78. The van der Waals surface area contributed by atoms with Gasteiger partial charge in [0.05, 0.1) is 10.6 Å². The summed E-state index contributed by atoms with van der Waals surface area (Å²) in [6, 6.07) is 3.01. The molecule has 1 N–H and O–H groups in total. The predicted octanol–water partition coefficient (Wildman–Crippen LogP) is 2.47. The number of anilines is 1. The summed E-state index contributed by atoms with van der Waals surface area (Å²) in [6.07, 6.45) is 0.879. The van der Waals surface area contributed by atoms with E-state index in [-0.39, 0.29) is 23.7 Å². The summed E-state index contributed by atoms with van der Waals surface area (Å²) in [4.78, 5) is 21.0. The number of carbonyl (C=O) groups is 1. The molecule has 0 heterocycles. The van der Waals surface area contributed by atoms with E-state index >= 15 is 0 Å². The van der Waals surface area contributed by atoms with E-state index in [1.807, 2.05) is 6.92 Å². The molecule has 0 saturated carbocycles. The van der Waals surface area contributed by atoms with Gasteiger partial charge in [0, 0.05) is 18.6 Å². The van der Waals surface area contributed by atoms with E-state index in [9.17, 15) is 19.3 Å². The molecule has 6 heteroatoms. The Balaban J connectivity index is 2.90. The van der Waals surface area contributed by atoms with E-state index in [1.54, 1.807) is 0 Å². The monoisotopic (exact) mass is 226 g/mol. The van der Waals surface area contributed by atoms with Crippen LogP contribution in [0.3, 0.4) is 0 Å². The van der Waals surface area contributed by atoms with Crippen molar-refractivity contribution in [1.82, 2.24) is 0 Å². The molecule has 0 spiro atoms. The Labute approximate surface area is 91.4 Å². The van der Waals surface area contributed by atoms with E-state index in [1.165, 1.54) is 0 Å². The highest BCUT2D eigenvalue weighted by Crippen LogP contribution is 2.21. The highest BCUT2D eigenvalue weighted by molar-refractivity contribution is 5.91. The standard InChI is InChI=1S/C10H11FN2O3/c1-2-3-10(14)12-9-6-7(13(15)16)4-5-8(9)11/h4-6H,2-3H2,1H3,(H,12,14). The maximum atomic E-state index is 13.2. The van der Waals surface area contributed by atoms with Crippen LogP contribution in [0.25, 0.3) is 0 Å². The number of hydrogen-bond donors (Lipinski definition) is 1. The lowest BCUT2D eigenvalue weighted by Crippen LogP contribution is -2.12. The van der Waals surface area contributed by atoms with E-state index in [0.717, 1.165) is 18.2 Å². The second-order valence-electron chi connectivity index (χ2n) is 3.22. The third-order valence-corrected chi connectivity index (χ3v) is 1.91. The van der Waals surface area contributed by atoms with Crippen molar-refractivity contribution in [2.45, 2.75) is 19.8 Å². The molecule has 1 aromatic rings. The summed E-state index contributed by atoms with van der Waals surface area (Å²) in [6.45, 7) is 1.81. The summed E-state index contributed by atoms with van der Waals surface area (Å²) in [5.74, 6) is -1.04. The molecular weight excluding hydrogens is 215 g/mol. The van der Waals surface area contributed by atoms with Gasteiger partial charge in [-0.25, -0.2) is 4.39 Å². The van der Waals surface area contributed by atoms with Crippen LogP contribution in [0, 0.1) is 15.9 Å². The van der Waals surface area contributed by atoms with Crippen LogP contribution in [-0.4, -0.2) is 10.8 Å². The molecule has 0 radical (unpaired) electrons.